The van der Waals surface area contributed by atoms with E-state index in [1.54, 1.807) is 5.57 Å². The van der Waals surface area contributed by atoms with Crippen molar-refractivity contribution in [2.24, 2.45) is 29.1 Å². The molecule has 30 heavy (non-hydrogen) atoms. The van der Waals surface area contributed by atoms with Gasteiger partial charge < -0.3 is 15.3 Å². The molecule has 3 fully saturated rings. The molecule has 0 saturated heterocycles. The molecular weight excluding hydrogens is 372 g/mol. The lowest BCUT2D eigenvalue weighted by atomic mass is 9.60. The fraction of sp³-hybridized carbons (Fsp3) is 0.852. The van der Waals surface area contributed by atoms with E-state index in [0.29, 0.717) is 42.4 Å². The number of hydrogen-bond acceptors (Lipinski definition) is 3. The SMILES string of the molecule is C[C@H](CC[C@@H](C)C(C)(C)O)[C@H]1CC[C@H]2C(=CC=C3C[C@@H](O)C[C@H](O)C3)CCC[C@]12C. The largest absolute Gasteiger partial charge is 0.393 e. The van der Waals surface area contributed by atoms with Gasteiger partial charge in [-0.25, -0.2) is 0 Å². The van der Waals surface area contributed by atoms with Crippen LogP contribution < -0.4 is 0 Å². The molecule has 0 aromatic rings. The minimum absolute atomic E-state index is 0.333. The maximum absolute atomic E-state index is 10.3. The van der Waals surface area contributed by atoms with Gasteiger partial charge in [-0.2, -0.15) is 0 Å². The van der Waals surface area contributed by atoms with Crippen LogP contribution in [0.4, 0.5) is 0 Å². The Hall–Kier alpha value is -0.640. The van der Waals surface area contributed by atoms with Gasteiger partial charge >= 0.3 is 0 Å². The molecule has 7 atom stereocenters. The summed E-state index contributed by atoms with van der Waals surface area (Å²) < 4.78 is 0. The lowest BCUT2D eigenvalue weighted by Crippen LogP contribution is -2.36. The Morgan fingerprint density at radius 1 is 1.07 bits per heavy atom. The van der Waals surface area contributed by atoms with Gasteiger partial charge in [0.15, 0.2) is 0 Å². The lowest BCUT2D eigenvalue weighted by Gasteiger charge is -2.44. The van der Waals surface area contributed by atoms with Gasteiger partial charge in [-0.15, -0.1) is 0 Å². The number of hydrogen-bond donors (Lipinski definition) is 3. The van der Waals surface area contributed by atoms with Crippen molar-refractivity contribution in [3.05, 3.63) is 23.3 Å². The van der Waals surface area contributed by atoms with E-state index in [1.165, 1.54) is 44.1 Å². The van der Waals surface area contributed by atoms with Crippen molar-refractivity contribution >= 4 is 0 Å². The summed E-state index contributed by atoms with van der Waals surface area (Å²) >= 11 is 0. The van der Waals surface area contributed by atoms with Gasteiger partial charge in [0, 0.05) is 0 Å². The third-order valence-corrected chi connectivity index (χ3v) is 9.06. The van der Waals surface area contributed by atoms with E-state index in [4.69, 9.17) is 0 Å². The molecule has 172 valence electrons. The summed E-state index contributed by atoms with van der Waals surface area (Å²) in [5.41, 5.74) is 2.61. The molecule has 3 rings (SSSR count). The van der Waals surface area contributed by atoms with E-state index in [1.807, 2.05) is 13.8 Å². The highest BCUT2D eigenvalue weighted by atomic mass is 16.3. The van der Waals surface area contributed by atoms with Crippen LogP contribution in [0, 0.1) is 29.1 Å². The molecule has 0 aromatic carbocycles. The standard InChI is InChI=1S/C27H46O3/c1-18(8-9-19(2)26(3,4)30)24-12-13-25-21(7-6-14-27(24,25)5)11-10-20-15-22(28)17-23(29)16-20/h10-11,18-19,22-25,28-30H,6-9,12-17H2,1-5H3/t18-,19-,22-,23-,24-,25+,27-/m1/s1. The molecule has 3 aliphatic carbocycles. The first-order chi connectivity index (χ1) is 14.0. The maximum Gasteiger partial charge on any atom is 0.0617 e. The summed E-state index contributed by atoms with van der Waals surface area (Å²) in [6.45, 7) is 11.0. The first-order valence-electron chi connectivity index (χ1n) is 12.5. The quantitative estimate of drug-likeness (QED) is 0.512. The van der Waals surface area contributed by atoms with Gasteiger partial charge in [-0.3, -0.25) is 0 Å². The average Bonchev–Trinajstić information content (AvgIpc) is 3.00. The molecule has 0 amide bonds. The molecule has 0 spiro atoms. The van der Waals surface area contributed by atoms with Gasteiger partial charge in [0.1, 0.15) is 0 Å². The Morgan fingerprint density at radius 2 is 1.73 bits per heavy atom. The number of aliphatic hydroxyl groups excluding tert-OH is 2. The highest BCUT2D eigenvalue weighted by Gasteiger charge is 2.50. The third kappa shape index (κ3) is 5.40. The minimum atomic E-state index is -0.587. The Morgan fingerprint density at radius 3 is 2.37 bits per heavy atom. The van der Waals surface area contributed by atoms with Crippen molar-refractivity contribution in [1.82, 2.24) is 0 Å². The number of fused-ring (bicyclic) bond motifs is 1. The molecule has 0 aromatic heterocycles. The first kappa shape index (κ1) is 24.0. The maximum atomic E-state index is 10.3. The molecule has 0 radical (unpaired) electrons. The highest BCUT2D eigenvalue weighted by Crippen LogP contribution is 2.60. The van der Waals surface area contributed by atoms with Gasteiger partial charge in [0.25, 0.3) is 0 Å². The molecular formula is C27H46O3. The van der Waals surface area contributed by atoms with Gasteiger partial charge in [-0.05, 0) is 101 Å². The Balaban J connectivity index is 1.67. The van der Waals surface area contributed by atoms with Crippen molar-refractivity contribution in [1.29, 1.82) is 0 Å². The van der Waals surface area contributed by atoms with Crippen LogP contribution in [-0.2, 0) is 0 Å². The summed E-state index contributed by atoms with van der Waals surface area (Å²) in [4.78, 5) is 0. The summed E-state index contributed by atoms with van der Waals surface area (Å²) in [6, 6.07) is 0. The van der Waals surface area contributed by atoms with E-state index in [2.05, 4.69) is 32.9 Å². The average molecular weight is 419 g/mol. The fourth-order valence-electron chi connectivity index (χ4n) is 6.81. The molecule has 0 unspecified atom stereocenters. The van der Waals surface area contributed by atoms with Crippen molar-refractivity contribution in [2.45, 2.75) is 117 Å². The van der Waals surface area contributed by atoms with Crippen LogP contribution in [0.2, 0.25) is 0 Å². The first-order valence-corrected chi connectivity index (χ1v) is 12.5. The smallest absolute Gasteiger partial charge is 0.0617 e. The molecule has 3 saturated carbocycles. The second-order valence-electron chi connectivity index (χ2n) is 11.7. The molecule has 3 heteroatoms. The monoisotopic (exact) mass is 418 g/mol. The Bertz CT molecular complexity index is 631. The van der Waals surface area contributed by atoms with Crippen LogP contribution in [-0.4, -0.2) is 33.1 Å². The van der Waals surface area contributed by atoms with Gasteiger partial charge in [0.2, 0.25) is 0 Å². The number of rotatable bonds is 6. The van der Waals surface area contributed by atoms with Crippen LogP contribution >= 0.6 is 0 Å². The van der Waals surface area contributed by atoms with Crippen LogP contribution in [0.1, 0.15) is 98.8 Å². The van der Waals surface area contributed by atoms with Crippen LogP contribution in [0.25, 0.3) is 0 Å². The number of allylic oxidation sites excluding steroid dienone is 3. The second-order valence-corrected chi connectivity index (χ2v) is 11.7. The molecule has 3 N–H and O–H groups in total. The van der Waals surface area contributed by atoms with Crippen molar-refractivity contribution < 1.29 is 15.3 Å². The normalized spacial score (nSPS) is 38.4. The second kappa shape index (κ2) is 9.46. The van der Waals surface area contributed by atoms with Crippen LogP contribution in [0.15, 0.2) is 23.3 Å². The van der Waals surface area contributed by atoms with E-state index in [0.717, 1.165) is 12.3 Å². The van der Waals surface area contributed by atoms with E-state index >= 15 is 0 Å². The van der Waals surface area contributed by atoms with Gasteiger partial charge in [0.05, 0.1) is 17.8 Å². The summed E-state index contributed by atoms with van der Waals surface area (Å²) in [5, 5.41) is 30.2. The zero-order valence-corrected chi connectivity index (χ0v) is 20.0. The van der Waals surface area contributed by atoms with E-state index < -0.39 is 17.8 Å². The zero-order chi connectivity index (χ0) is 22.1. The minimum Gasteiger partial charge on any atom is -0.393 e. The Labute approximate surface area is 184 Å². The van der Waals surface area contributed by atoms with Crippen molar-refractivity contribution in [3.63, 3.8) is 0 Å². The summed E-state index contributed by atoms with van der Waals surface area (Å²) in [6.07, 6.45) is 14.5. The number of aliphatic hydroxyl groups is 3. The lowest BCUT2D eigenvalue weighted by molar-refractivity contribution is 0.0150. The molecule has 0 heterocycles. The molecule has 0 aliphatic heterocycles. The van der Waals surface area contributed by atoms with Crippen molar-refractivity contribution in [3.8, 4) is 0 Å². The predicted molar refractivity (Wildman–Crippen MR) is 124 cm³/mol. The zero-order valence-electron chi connectivity index (χ0n) is 20.0. The van der Waals surface area contributed by atoms with E-state index in [-0.39, 0.29) is 0 Å². The van der Waals surface area contributed by atoms with E-state index in [9.17, 15) is 15.3 Å². The molecule has 3 aliphatic rings. The topological polar surface area (TPSA) is 60.7 Å². The summed E-state index contributed by atoms with van der Waals surface area (Å²) in [7, 11) is 0. The van der Waals surface area contributed by atoms with Gasteiger partial charge in [-0.1, -0.05) is 50.5 Å². The Kier molecular flexibility index (Phi) is 7.58. The molecule has 3 nitrogen and oxygen atoms in total. The van der Waals surface area contributed by atoms with Crippen molar-refractivity contribution in [2.75, 3.05) is 0 Å². The highest BCUT2D eigenvalue weighted by molar-refractivity contribution is 5.26. The predicted octanol–water partition coefficient (Wildman–Crippen LogP) is 5.78. The van der Waals surface area contributed by atoms with Crippen LogP contribution in [0.5, 0.6) is 0 Å². The summed E-state index contributed by atoms with van der Waals surface area (Å²) in [5.74, 6) is 2.48. The molecule has 0 bridgehead atoms. The third-order valence-electron chi connectivity index (χ3n) is 9.06. The fourth-order valence-corrected chi connectivity index (χ4v) is 6.81. The van der Waals surface area contributed by atoms with Crippen LogP contribution in [0.3, 0.4) is 0 Å².